The van der Waals surface area contributed by atoms with Crippen LogP contribution in [0.15, 0.2) is 12.1 Å². The molecule has 88 valence electrons. The largest absolute Gasteiger partial charge is 0.382 e. The molecule has 1 rings (SSSR count). The first kappa shape index (κ1) is 12.2. The number of nitrogens with two attached hydrogens (primary N) is 1. The van der Waals surface area contributed by atoms with Gasteiger partial charge < -0.3 is 16.4 Å². The molecule has 6 heteroatoms. The van der Waals surface area contributed by atoms with Crippen molar-refractivity contribution in [2.24, 2.45) is 0 Å². The van der Waals surface area contributed by atoms with E-state index in [4.69, 9.17) is 5.73 Å². The van der Waals surface area contributed by atoms with E-state index >= 15 is 0 Å². The van der Waals surface area contributed by atoms with E-state index in [2.05, 4.69) is 20.8 Å². The zero-order valence-corrected chi connectivity index (χ0v) is 9.74. The quantitative estimate of drug-likeness (QED) is 0.689. The van der Waals surface area contributed by atoms with Gasteiger partial charge in [0.2, 0.25) is 5.91 Å². The summed E-state index contributed by atoms with van der Waals surface area (Å²) in [5.74, 6) is 0.786. The zero-order valence-electron chi connectivity index (χ0n) is 9.74. The molecule has 16 heavy (non-hydrogen) atoms. The predicted molar refractivity (Wildman–Crippen MR) is 62.8 cm³/mol. The summed E-state index contributed by atoms with van der Waals surface area (Å²) in [6, 6.07) is 3.30. The van der Waals surface area contributed by atoms with E-state index in [0.29, 0.717) is 11.6 Å². The molecule has 1 aromatic rings. The lowest BCUT2D eigenvalue weighted by molar-refractivity contribution is -0.120. The van der Waals surface area contributed by atoms with Crippen molar-refractivity contribution in [3.05, 3.63) is 12.1 Å². The monoisotopic (exact) mass is 223 g/mol. The van der Waals surface area contributed by atoms with Crippen LogP contribution in [0.3, 0.4) is 0 Å². The number of nitrogen functional groups attached to an aromatic ring is 1. The minimum Gasteiger partial charge on any atom is -0.382 e. The highest BCUT2D eigenvalue weighted by molar-refractivity contribution is 5.80. The lowest BCUT2D eigenvalue weighted by Gasteiger charge is -2.20. The summed E-state index contributed by atoms with van der Waals surface area (Å²) >= 11 is 0. The highest BCUT2D eigenvalue weighted by atomic mass is 16.2. The van der Waals surface area contributed by atoms with Crippen molar-refractivity contribution in [2.45, 2.75) is 26.3 Å². The fraction of sp³-hybridized carbons (Fsp3) is 0.500. The summed E-state index contributed by atoms with van der Waals surface area (Å²) in [6.45, 7) is 5.94. The van der Waals surface area contributed by atoms with E-state index in [-0.39, 0.29) is 18.0 Å². The minimum atomic E-state index is -0.231. The van der Waals surface area contributed by atoms with E-state index < -0.39 is 0 Å². The number of aromatic nitrogens is 2. The highest BCUT2D eigenvalue weighted by Crippen LogP contribution is 2.02. The molecule has 0 aromatic carbocycles. The molecular weight excluding hydrogens is 206 g/mol. The average molecular weight is 223 g/mol. The number of carbonyl (C=O) groups is 1. The molecule has 0 atom stereocenters. The van der Waals surface area contributed by atoms with Crippen LogP contribution in [0.1, 0.15) is 20.8 Å². The number of nitrogens with zero attached hydrogens (tertiary/aromatic N) is 2. The fourth-order valence-electron chi connectivity index (χ4n) is 1.07. The van der Waals surface area contributed by atoms with Crippen LogP contribution >= 0.6 is 0 Å². The van der Waals surface area contributed by atoms with Crippen molar-refractivity contribution in [3.8, 4) is 0 Å². The minimum absolute atomic E-state index is 0.0916. The summed E-state index contributed by atoms with van der Waals surface area (Å²) in [5, 5.41) is 13.1. The first-order valence-electron chi connectivity index (χ1n) is 5.01. The molecule has 0 saturated carbocycles. The van der Waals surface area contributed by atoms with Gasteiger partial charge in [0.1, 0.15) is 11.6 Å². The third kappa shape index (κ3) is 4.59. The van der Waals surface area contributed by atoms with Crippen LogP contribution in [-0.4, -0.2) is 28.2 Å². The van der Waals surface area contributed by atoms with Crippen LogP contribution in [0.2, 0.25) is 0 Å². The molecule has 1 aromatic heterocycles. The van der Waals surface area contributed by atoms with Gasteiger partial charge >= 0.3 is 0 Å². The van der Waals surface area contributed by atoms with Gasteiger partial charge in [-0.25, -0.2) is 0 Å². The molecule has 0 fully saturated rings. The topological polar surface area (TPSA) is 92.9 Å². The van der Waals surface area contributed by atoms with Gasteiger partial charge in [0.25, 0.3) is 0 Å². The van der Waals surface area contributed by atoms with E-state index in [1.807, 2.05) is 20.8 Å². The Labute approximate surface area is 94.6 Å². The van der Waals surface area contributed by atoms with Gasteiger partial charge in [-0.2, -0.15) is 0 Å². The van der Waals surface area contributed by atoms with Gasteiger partial charge in [0.15, 0.2) is 0 Å². The molecule has 6 nitrogen and oxygen atoms in total. The standard InChI is InChI=1S/C10H17N5O/c1-10(2,3)13-9(16)6-12-8-5-4-7(11)14-15-8/h4-5H,6H2,1-3H3,(H2,11,14)(H,12,15)(H,13,16). The Morgan fingerprint density at radius 1 is 1.38 bits per heavy atom. The maximum absolute atomic E-state index is 11.5. The van der Waals surface area contributed by atoms with Gasteiger partial charge in [-0.1, -0.05) is 0 Å². The van der Waals surface area contributed by atoms with Crippen LogP contribution in [0, 0.1) is 0 Å². The normalized spacial score (nSPS) is 10.9. The van der Waals surface area contributed by atoms with Crippen molar-refractivity contribution < 1.29 is 4.79 Å². The van der Waals surface area contributed by atoms with Crippen molar-refractivity contribution in [2.75, 3.05) is 17.6 Å². The second-order valence-electron chi connectivity index (χ2n) is 4.50. The number of anilines is 2. The third-order valence-corrected chi connectivity index (χ3v) is 1.63. The molecule has 0 radical (unpaired) electrons. The molecule has 0 spiro atoms. The second kappa shape index (κ2) is 4.78. The van der Waals surface area contributed by atoms with Crippen LogP contribution in [-0.2, 0) is 4.79 Å². The van der Waals surface area contributed by atoms with Gasteiger partial charge in [-0.3, -0.25) is 4.79 Å². The third-order valence-electron chi connectivity index (χ3n) is 1.63. The number of carbonyl (C=O) groups excluding carboxylic acids is 1. The molecule has 0 aliphatic rings. The number of nitrogens with one attached hydrogen (secondary N) is 2. The van der Waals surface area contributed by atoms with Crippen molar-refractivity contribution in [1.82, 2.24) is 15.5 Å². The second-order valence-corrected chi connectivity index (χ2v) is 4.50. The molecular formula is C10H17N5O. The molecule has 1 heterocycles. The van der Waals surface area contributed by atoms with Crippen molar-refractivity contribution in [3.63, 3.8) is 0 Å². The molecule has 1 amide bonds. The molecule has 0 aliphatic carbocycles. The zero-order chi connectivity index (χ0) is 12.2. The van der Waals surface area contributed by atoms with E-state index in [0.717, 1.165) is 0 Å². The molecule has 0 unspecified atom stereocenters. The lowest BCUT2D eigenvalue weighted by atomic mass is 10.1. The predicted octanol–water partition coefficient (Wildman–Crippen LogP) is 0.385. The summed E-state index contributed by atoms with van der Waals surface area (Å²) in [5.41, 5.74) is 5.15. The molecule has 0 saturated heterocycles. The summed E-state index contributed by atoms with van der Waals surface area (Å²) in [6.07, 6.45) is 0. The molecule has 4 N–H and O–H groups in total. The Hall–Kier alpha value is -1.85. The van der Waals surface area contributed by atoms with Gasteiger partial charge in [-0.05, 0) is 32.9 Å². The first-order chi connectivity index (χ1) is 7.37. The average Bonchev–Trinajstić information content (AvgIpc) is 2.14. The van der Waals surface area contributed by atoms with Crippen LogP contribution in [0.25, 0.3) is 0 Å². The summed E-state index contributed by atoms with van der Waals surface area (Å²) < 4.78 is 0. The highest BCUT2D eigenvalue weighted by Gasteiger charge is 2.13. The first-order valence-corrected chi connectivity index (χ1v) is 5.01. The Morgan fingerprint density at radius 2 is 2.06 bits per heavy atom. The van der Waals surface area contributed by atoms with Gasteiger partial charge in [0.05, 0.1) is 6.54 Å². The Morgan fingerprint density at radius 3 is 2.56 bits per heavy atom. The Bertz CT molecular complexity index is 354. The summed E-state index contributed by atoms with van der Waals surface area (Å²) in [7, 11) is 0. The number of amides is 1. The van der Waals surface area contributed by atoms with Gasteiger partial charge in [0, 0.05) is 5.54 Å². The van der Waals surface area contributed by atoms with E-state index in [1.165, 1.54) is 0 Å². The van der Waals surface area contributed by atoms with Crippen molar-refractivity contribution >= 4 is 17.5 Å². The molecule has 0 aliphatic heterocycles. The van der Waals surface area contributed by atoms with Crippen LogP contribution in [0.5, 0.6) is 0 Å². The van der Waals surface area contributed by atoms with Crippen LogP contribution < -0.4 is 16.4 Å². The smallest absolute Gasteiger partial charge is 0.239 e. The summed E-state index contributed by atoms with van der Waals surface area (Å²) in [4.78, 5) is 11.5. The lowest BCUT2D eigenvalue weighted by Crippen LogP contribution is -2.43. The Balaban J connectivity index is 2.40. The number of hydrogen-bond acceptors (Lipinski definition) is 5. The maximum Gasteiger partial charge on any atom is 0.239 e. The maximum atomic E-state index is 11.5. The number of rotatable bonds is 3. The van der Waals surface area contributed by atoms with E-state index in [1.54, 1.807) is 12.1 Å². The number of hydrogen-bond donors (Lipinski definition) is 3. The van der Waals surface area contributed by atoms with Gasteiger partial charge in [-0.15, -0.1) is 10.2 Å². The van der Waals surface area contributed by atoms with E-state index in [9.17, 15) is 4.79 Å². The molecule has 0 bridgehead atoms. The fourth-order valence-corrected chi connectivity index (χ4v) is 1.07. The van der Waals surface area contributed by atoms with Crippen LogP contribution in [0.4, 0.5) is 11.6 Å². The SMILES string of the molecule is CC(C)(C)NC(=O)CNc1ccc(N)nn1. The van der Waals surface area contributed by atoms with Crippen molar-refractivity contribution in [1.29, 1.82) is 0 Å². The Kier molecular flexibility index (Phi) is 3.65.